The van der Waals surface area contributed by atoms with Crippen LogP contribution in [0, 0.1) is 0 Å². The summed E-state index contributed by atoms with van der Waals surface area (Å²) < 4.78 is 42.3. The van der Waals surface area contributed by atoms with Crippen molar-refractivity contribution in [2.45, 2.75) is 12.7 Å². The molecule has 1 N–H and O–H groups in total. The van der Waals surface area contributed by atoms with Crippen LogP contribution >= 0.6 is 0 Å². The molecule has 0 heterocycles. The van der Waals surface area contributed by atoms with Gasteiger partial charge in [0.15, 0.2) is 6.61 Å². The van der Waals surface area contributed by atoms with E-state index in [0.29, 0.717) is 5.75 Å². The van der Waals surface area contributed by atoms with E-state index in [0.717, 1.165) is 16.3 Å². The lowest BCUT2D eigenvalue weighted by Gasteiger charge is -2.18. The smallest absolute Gasteiger partial charge is 0.405 e. The Hall–Kier alpha value is -3.55. The van der Waals surface area contributed by atoms with Crippen LogP contribution < -0.4 is 10.1 Å². The van der Waals surface area contributed by atoms with Crippen molar-refractivity contribution >= 4 is 22.6 Å². The lowest BCUT2D eigenvalue weighted by molar-refractivity contribution is -0.132. The Morgan fingerprint density at radius 3 is 2.35 bits per heavy atom. The summed E-state index contributed by atoms with van der Waals surface area (Å²) in [6.45, 7) is -1.26. The number of carbonyl (C=O) groups is 2. The number of ether oxygens (including phenoxy) is 1. The van der Waals surface area contributed by atoms with Gasteiger partial charge in [-0.25, -0.2) is 0 Å². The van der Waals surface area contributed by atoms with Crippen molar-refractivity contribution in [3.63, 3.8) is 0 Å². The van der Waals surface area contributed by atoms with E-state index in [4.69, 9.17) is 4.74 Å². The first kappa shape index (κ1) is 22.1. The number of fused-ring (bicyclic) bond motifs is 1. The molecule has 0 aliphatic carbocycles. The molecule has 0 aromatic heterocycles. The Kier molecular flexibility index (Phi) is 6.79. The minimum atomic E-state index is -4.47. The van der Waals surface area contributed by atoms with Crippen molar-refractivity contribution in [1.82, 2.24) is 10.2 Å². The second-order valence-corrected chi connectivity index (χ2v) is 7.01. The van der Waals surface area contributed by atoms with Gasteiger partial charge in [0.1, 0.15) is 12.3 Å². The predicted octanol–water partition coefficient (Wildman–Crippen LogP) is 4.17. The number of rotatable bonds is 7. The van der Waals surface area contributed by atoms with Gasteiger partial charge in [0.05, 0.1) is 0 Å². The molecule has 31 heavy (non-hydrogen) atoms. The van der Waals surface area contributed by atoms with Crippen molar-refractivity contribution in [2.24, 2.45) is 0 Å². The molecule has 162 valence electrons. The second-order valence-electron chi connectivity index (χ2n) is 7.01. The molecule has 3 rings (SSSR count). The molecule has 0 unspecified atom stereocenters. The monoisotopic (exact) mass is 430 g/mol. The molecule has 0 radical (unpaired) electrons. The van der Waals surface area contributed by atoms with Crippen molar-refractivity contribution in [3.05, 3.63) is 77.9 Å². The van der Waals surface area contributed by atoms with Crippen molar-refractivity contribution in [3.8, 4) is 5.75 Å². The maximum Gasteiger partial charge on any atom is 0.405 e. The number of halogens is 3. The fourth-order valence-corrected chi connectivity index (χ4v) is 2.98. The van der Waals surface area contributed by atoms with Gasteiger partial charge < -0.3 is 15.0 Å². The first-order valence-corrected chi connectivity index (χ1v) is 9.51. The van der Waals surface area contributed by atoms with Crippen LogP contribution in [0.5, 0.6) is 5.75 Å². The number of alkyl halides is 3. The molecule has 0 aliphatic heterocycles. The Bertz CT molecular complexity index is 1060. The average Bonchev–Trinajstić information content (AvgIpc) is 2.75. The van der Waals surface area contributed by atoms with Gasteiger partial charge in [-0.05, 0) is 29.1 Å². The predicted molar refractivity (Wildman–Crippen MR) is 111 cm³/mol. The molecule has 2 amide bonds. The number of benzene rings is 3. The number of hydrogen-bond donors (Lipinski definition) is 1. The zero-order valence-electron chi connectivity index (χ0n) is 16.8. The number of nitrogens with one attached hydrogen (secondary N) is 1. The zero-order valence-corrected chi connectivity index (χ0v) is 16.8. The molecule has 0 spiro atoms. The fraction of sp³-hybridized carbons (Fsp3) is 0.217. The van der Waals surface area contributed by atoms with E-state index < -0.39 is 18.6 Å². The first-order valence-electron chi connectivity index (χ1n) is 9.51. The summed E-state index contributed by atoms with van der Waals surface area (Å²) in [4.78, 5) is 25.7. The normalized spacial score (nSPS) is 11.2. The fourth-order valence-electron chi connectivity index (χ4n) is 2.98. The molecule has 3 aromatic carbocycles. The minimum Gasteiger partial charge on any atom is -0.483 e. The molecule has 8 heteroatoms. The first-order chi connectivity index (χ1) is 14.7. The summed E-state index contributed by atoms with van der Waals surface area (Å²) in [6.07, 6.45) is -4.47. The molecule has 0 aliphatic rings. The third-order valence-corrected chi connectivity index (χ3v) is 4.61. The van der Waals surface area contributed by atoms with Gasteiger partial charge in [-0.15, -0.1) is 0 Å². The number of hydrogen-bond acceptors (Lipinski definition) is 3. The Morgan fingerprint density at radius 1 is 0.968 bits per heavy atom. The summed E-state index contributed by atoms with van der Waals surface area (Å²) in [5.41, 5.74) is 0.842. The quantitative estimate of drug-likeness (QED) is 0.612. The molecular weight excluding hydrogens is 409 g/mol. The van der Waals surface area contributed by atoms with E-state index in [1.54, 1.807) is 25.2 Å². The van der Waals surface area contributed by atoms with Crippen LogP contribution in [-0.4, -0.2) is 43.1 Å². The Labute approximate surface area is 177 Å². The maximum absolute atomic E-state index is 12.4. The van der Waals surface area contributed by atoms with E-state index in [-0.39, 0.29) is 24.6 Å². The van der Waals surface area contributed by atoms with E-state index >= 15 is 0 Å². The van der Waals surface area contributed by atoms with E-state index in [1.165, 1.54) is 17.0 Å². The minimum absolute atomic E-state index is 0.112. The van der Waals surface area contributed by atoms with Gasteiger partial charge in [-0.1, -0.05) is 48.5 Å². The van der Waals surface area contributed by atoms with Gasteiger partial charge >= 0.3 is 6.18 Å². The summed E-state index contributed by atoms with van der Waals surface area (Å²) >= 11 is 0. The van der Waals surface area contributed by atoms with Crippen LogP contribution in [0.4, 0.5) is 13.2 Å². The van der Waals surface area contributed by atoms with Crippen LogP contribution in [0.1, 0.15) is 15.9 Å². The van der Waals surface area contributed by atoms with Gasteiger partial charge in [0.25, 0.3) is 11.8 Å². The molecule has 0 saturated carbocycles. The molecule has 3 aromatic rings. The molecule has 0 fully saturated rings. The van der Waals surface area contributed by atoms with E-state index in [2.05, 4.69) is 0 Å². The lowest BCUT2D eigenvalue weighted by atomic mass is 10.1. The average molecular weight is 430 g/mol. The summed E-state index contributed by atoms with van der Waals surface area (Å²) in [7, 11) is 1.62. The van der Waals surface area contributed by atoms with Crippen LogP contribution in [0.2, 0.25) is 0 Å². The molecule has 0 saturated heterocycles. The molecule has 0 atom stereocenters. The highest BCUT2D eigenvalue weighted by Crippen LogP contribution is 2.25. The number of carbonyl (C=O) groups excluding carboxylic acids is 2. The highest BCUT2D eigenvalue weighted by atomic mass is 19.4. The summed E-state index contributed by atoms with van der Waals surface area (Å²) in [5, 5.41) is 3.75. The van der Waals surface area contributed by atoms with E-state index in [9.17, 15) is 22.8 Å². The number of amides is 2. The topological polar surface area (TPSA) is 58.6 Å². The second kappa shape index (κ2) is 9.51. The van der Waals surface area contributed by atoms with Crippen LogP contribution in [0.3, 0.4) is 0 Å². The van der Waals surface area contributed by atoms with Gasteiger partial charge in [0, 0.05) is 24.5 Å². The van der Waals surface area contributed by atoms with Crippen molar-refractivity contribution < 1.29 is 27.5 Å². The van der Waals surface area contributed by atoms with Crippen molar-refractivity contribution in [2.75, 3.05) is 20.2 Å². The number of likely N-dealkylation sites (N-methyl/N-ethyl adjacent to an activating group) is 1. The van der Waals surface area contributed by atoms with E-state index in [1.807, 2.05) is 41.7 Å². The van der Waals surface area contributed by atoms with Gasteiger partial charge in [0.2, 0.25) is 0 Å². The molecular formula is C23H21F3N2O3. The SMILES string of the molecule is CN(Cc1ccc(C(=O)NCC(F)(F)F)cc1)C(=O)COc1cccc2ccccc12. The van der Waals surface area contributed by atoms with Gasteiger partial charge in [-0.2, -0.15) is 13.2 Å². The standard InChI is InChI=1S/C23H21F3N2O3/c1-28(13-16-9-11-18(12-10-16)22(30)27-15-23(24,25)26)21(29)14-31-20-8-4-6-17-5-2-3-7-19(17)20/h2-12H,13-15H2,1H3,(H,27,30). The van der Waals surface area contributed by atoms with Crippen LogP contribution in [-0.2, 0) is 11.3 Å². The highest BCUT2D eigenvalue weighted by molar-refractivity contribution is 5.94. The van der Waals surface area contributed by atoms with Gasteiger partial charge in [-0.3, -0.25) is 9.59 Å². The highest BCUT2D eigenvalue weighted by Gasteiger charge is 2.27. The largest absolute Gasteiger partial charge is 0.483 e. The third kappa shape index (κ3) is 6.21. The van der Waals surface area contributed by atoms with Crippen LogP contribution in [0.25, 0.3) is 10.8 Å². The lowest BCUT2D eigenvalue weighted by Crippen LogP contribution is -2.33. The molecule has 0 bridgehead atoms. The maximum atomic E-state index is 12.4. The Morgan fingerprint density at radius 2 is 1.65 bits per heavy atom. The molecule has 5 nitrogen and oxygen atoms in total. The summed E-state index contributed by atoms with van der Waals surface area (Å²) in [6, 6.07) is 19.4. The van der Waals surface area contributed by atoms with Crippen LogP contribution in [0.15, 0.2) is 66.7 Å². The third-order valence-electron chi connectivity index (χ3n) is 4.61. The Balaban J connectivity index is 1.54. The number of nitrogens with zero attached hydrogens (tertiary/aromatic N) is 1. The van der Waals surface area contributed by atoms with Crippen molar-refractivity contribution in [1.29, 1.82) is 0 Å². The summed E-state index contributed by atoms with van der Waals surface area (Å²) in [5.74, 6) is -0.425. The zero-order chi connectivity index (χ0) is 22.4.